The van der Waals surface area contributed by atoms with Crippen LogP contribution >= 0.6 is 22.9 Å². The number of halogens is 1. The second-order valence-electron chi connectivity index (χ2n) is 6.06. The third kappa shape index (κ3) is 4.93. The number of hydrogen-bond donors (Lipinski definition) is 0. The van der Waals surface area contributed by atoms with Gasteiger partial charge in [0.05, 0.1) is 17.4 Å². The molecular weight excluding hydrogens is 356 g/mol. The lowest BCUT2D eigenvalue weighted by molar-refractivity contribution is -0.132. The Morgan fingerprint density at radius 3 is 2.64 bits per heavy atom. The Hall–Kier alpha value is -1.63. The molecule has 3 heterocycles. The number of amides is 1. The molecule has 25 heavy (non-hydrogen) atoms. The topological polar surface area (TPSA) is 39.7 Å². The number of carbonyl (C=O) groups excluding carboxylic acids is 1. The van der Waals surface area contributed by atoms with Gasteiger partial charge in [-0.3, -0.25) is 9.69 Å². The highest BCUT2D eigenvalue weighted by molar-refractivity contribution is 7.16. The first kappa shape index (κ1) is 18.2. The number of anilines is 1. The summed E-state index contributed by atoms with van der Waals surface area (Å²) >= 11 is 7.52. The summed E-state index contributed by atoms with van der Waals surface area (Å²) in [7, 11) is 0. The van der Waals surface area contributed by atoms with Crippen LogP contribution < -0.4 is 4.90 Å². The zero-order valence-electron chi connectivity index (χ0n) is 14.4. The molecule has 5 nitrogen and oxygen atoms in total. The van der Waals surface area contributed by atoms with E-state index < -0.39 is 0 Å². The Bertz CT molecular complexity index is 685. The fraction of sp³-hybridized carbons (Fsp3) is 0.444. The molecule has 0 aliphatic carbocycles. The second-order valence-corrected chi connectivity index (χ2v) is 7.86. The summed E-state index contributed by atoms with van der Waals surface area (Å²) in [5, 5.41) is 0. The van der Waals surface area contributed by atoms with E-state index in [2.05, 4.69) is 14.8 Å². The first-order chi connectivity index (χ1) is 12.2. The molecule has 0 saturated carbocycles. The van der Waals surface area contributed by atoms with Crippen molar-refractivity contribution >= 4 is 34.7 Å². The van der Waals surface area contributed by atoms with Gasteiger partial charge in [-0.05, 0) is 31.2 Å². The number of hydrogen-bond acceptors (Lipinski definition) is 5. The van der Waals surface area contributed by atoms with Gasteiger partial charge in [-0.2, -0.15) is 0 Å². The third-order valence-corrected chi connectivity index (χ3v) is 5.63. The van der Waals surface area contributed by atoms with Crippen LogP contribution in [0.4, 0.5) is 5.82 Å². The molecule has 1 saturated heterocycles. The largest absolute Gasteiger partial charge is 0.354 e. The molecule has 0 N–H and O–H groups in total. The first-order valence-corrected chi connectivity index (χ1v) is 9.75. The van der Waals surface area contributed by atoms with Crippen molar-refractivity contribution in [2.24, 2.45) is 0 Å². The number of pyridine rings is 1. The van der Waals surface area contributed by atoms with Crippen molar-refractivity contribution in [1.82, 2.24) is 14.8 Å². The maximum absolute atomic E-state index is 12.6. The number of carbonyl (C=O) groups is 1. The highest BCUT2D eigenvalue weighted by Crippen LogP contribution is 2.22. The van der Waals surface area contributed by atoms with Crippen LogP contribution in [0.3, 0.4) is 0 Å². The van der Waals surface area contributed by atoms with E-state index in [1.165, 1.54) is 11.3 Å². The Morgan fingerprint density at radius 2 is 2.04 bits per heavy atom. The summed E-state index contributed by atoms with van der Waals surface area (Å²) in [6, 6.07) is 9.85. The predicted molar refractivity (Wildman–Crippen MR) is 103 cm³/mol. The zero-order chi connectivity index (χ0) is 17.6. The van der Waals surface area contributed by atoms with Crippen molar-refractivity contribution in [3.63, 3.8) is 0 Å². The van der Waals surface area contributed by atoms with Gasteiger partial charge in [0.1, 0.15) is 5.82 Å². The molecular formula is C18H23ClN4OS. The van der Waals surface area contributed by atoms with Gasteiger partial charge in [0.15, 0.2) is 0 Å². The maximum Gasteiger partial charge on any atom is 0.237 e. The molecule has 1 fully saturated rings. The molecule has 1 aliphatic rings. The molecule has 0 radical (unpaired) electrons. The summed E-state index contributed by atoms with van der Waals surface area (Å²) in [6.07, 6.45) is 1.82. The van der Waals surface area contributed by atoms with E-state index in [1.54, 1.807) is 0 Å². The van der Waals surface area contributed by atoms with Gasteiger partial charge in [0.25, 0.3) is 0 Å². The quantitative estimate of drug-likeness (QED) is 0.774. The van der Waals surface area contributed by atoms with E-state index in [0.717, 1.165) is 41.2 Å². The van der Waals surface area contributed by atoms with Gasteiger partial charge < -0.3 is 9.80 Å². The van der Waals surface area contributed by atoms with Crippen molar-refractivity contribution in [2.75, 3.05) is 44.2 Å². The van der Waals surface area contributed by atoms with Gasteiger partial charge >= 0.3 is 0 Å². The average Bonchev–Trinajstić information content (AvgIpc) is 3.06. The number of rotatable bonds is 6. The minimum atomic E-state index is 0.179. The predicted octanol–water partition coefficient (Wildman–Crippen LogP) is 2.97. The Balaban J connectivity index is 1.49. The van der Waals surface area contributed by atoms with E-state index in [1.807, 2.05) is 48.4 Å². The summed E-state index contributed by atoms with van der Waals surface area (Å²) in [5.74, 6) is 1.19. The molecule has 1 amide bonds. The molecule has 0 bridgehead atoms. The van der Waals surface area contributed by atoms with Crippen LogP contribution in [0.5, 0.6) is 0 Å². The van der Waals surface area contributed by atoms with Gasteiger partial charge in [-0.25, -0.2) is 4.98 Å². The minimum Gasteiger partial charge on any atom is -0.354 e. The highest BCUT2D eigenvalue weighted by atomic mass is 35.5. The molecule has 1 aliphatic heterocycles. The smallest absolute Gasteiger partial charge is 0.237 e. The lowest BCUT2D eigenvalue weighted by Gasteiger charge is -2.35. The Morgan fingerprint density at radius 1 is 1.24 bits per heavy atom. The second kappa shape index (κ2) is 8.65. The standard InChI is InChI=1S/C18H23ClN4OS/c1-2-22(13-15-6-7-16(19)25-15)18(24)14-21-9-11-23(12-10-21)17-5-3-4-8-20-17/h3-8H,2,9-14H2,1H3. The molecule has 0 atom stereocenters. The minimum absolute atomic E-state index is 0.179. The van der Waals surface area contributed by atoms with Crippen LogP contribution in [0.1, 0.15) is 11.8 Å². The van der Waals surface area contributed by atoms with E-state index >= 15 is 0 Å². The fourth-order valence-corrected chi connectivity index (χ4v) is 4.07. The molecule has 134 valence electrons. The highest BCUT2D eigenvalue weighted by Gasteiger charge is 2.22. The van der Waals surface area contributed by atoms with Crippen molar-refractivity contribution in [3.8, 4) is 0 Å². The number of nitrogens with zero attached hydrogens (tertiary/aromatic N) is 4. The summed E-state index contributed by atoms with van der Waals surface area (Å²) in [4.78, 5) is 24.6. The van der Waals surface area contributed by atoms with Gasteiger partial charge in [-0.15, -0.1) is 11.3 Å². The maximum atomic E-state index is 12.6. The van der Waals surface area contributed by atoms with E-state index in [9.17, 15) is 4.79 Å². The van der Waals surface area contributed by atoms with Crippen LogP contribution in [-0.4, -0.2) is 60.0 Å². The van der Waals surface area contributed by atoms with Gasteiger partial charge in [-0.1, -0.05) is 17.7 Å². The number of thiophene rings is 1. The molecule has 3 rings (SSSR count). The molecule has 7 heteroatoms. The third-order valence-electron chi connectivity index (χ3n) is 4.41. The lowest BCUT2D eigenvalue weighted by atomic mass is 10.3. The summed E-state index contributed by atoms with van der Waals surface area (Å²) < 4.78 is 0.768. The van der Waals surface area contributed by atoms with Crippen LogP contribution in [0.2, 0.25) is 4.34 Å². The Labute approximate surface area is 157 Å². The average molecular weight is 379 g/mol. The Kier molecular flexibility index (Phi) is 6.29. The van der Waals surface area contributed by atoms with Crippen molar-refractivity contribution < 1.29 is 4.79 Å². The van der Waals surface area contributed by atoms with Gasteiger partial charge in [0.2, 0.25) is 5.91 Å². The molecule has 0 spiro atoms. The van der Waals surface area contributed by atoms with E-state index in [0.29, 0.717) is 19.6 Å². The molecule has 2 aromatic rings. The number of aromatic nitrogens is 1. The van der Waals surface area contributed by atoms with Crippen molar-refractivity contribution in [2.45, 2.75) is 13.5 Å². The summed E-state index contributed by atoms with van der Waals surface area (Å²) in [6.45, 7) is 7.40. The van der Waals surface area contributed by atoms with E-state index in [-0.39, 0.29) is 5.91 Å². The number of piperazine rings is 1. The first-order valence-electron chi connectivity index (χ1n) is 8.56. The monoisotopic (exact) mass is 378 g/mol. The lowest BCUT2D eigenvalue weighted by Crippen LogP contribution is -2.50. The normalized spacial score (nSPS) is 15.4. The molecule has 0 unspecified atom stereocenters. The number of likely N-dealkylation sites (N-methyl/N-ethyl adjacent to an activating group) is 1. The molecule has 0 aromatic carbocycles. The van der Waals surface area contributed by atoms with Crippen LogP contribution in [0, 0.1) is 0 Å². The molecule has 2 aromatic heterocycles. The van der Waals surface area contributed by atoms with Crippen LogP contribution in [0.15, 0.2) is 36.5 Å². The summed E-state index contributed by atoms with van der Waals surface area (Å²) in [5.41, 5.74) is 0. The SMILES string of the molecule is CCN(Cc1ccc(Cl)s1)C(=O)CN1CCN(c2ccccn2)CC1. The van der Waals surface area contributed by atoms with Gasteiger partial charge in [0, 0.05) is 43.8 Å². The van der Waals surface area contributed by atoms with Crippen molar-refractivity contribution in [1.29, 1.82) is 0 Å². The van der Waals surface area contributed by atoms with Crippen molar-refractivity contribution in [3.05, 3.63) is 45.7 Å². The zero-order valence-corrected chi connectivity index (χ0v) is 16.0. The fourth-order valence-electron chi connectivity index (χ4n) is 2.97. The van der Waals surface area contributed by atoms with Crippen LogP contribution in [0.25, 0.3) is 0 Å². The van der Waals surface area contributed by atoms with E-state index in [4.69, 9.17) is 11.6 Å². The van der Waals surface area contributed by atoms with Crippen LogP contribution in [-0.2, 0) is 11.3 Å².